The molecule has 0 aliphatic carbocycles. The summed E-state index contributed by atoms with van der Waals surface area (Å²) >= 11 is 1.95. The molecule has 1 aromatic rings. The molecule has 0 atom stereocenters. The van der Waals surface area contributed by atoms with Crippen molar-refractivity contribution in [2.45, 2.75) is 50.2 Å². The first-order valence-corrected chi connectivity index (χ1v) is 11.0. The van der Waals surface area contributed by atoms with Gasteiger partial charge >= 0.3 is 0 Å². The third kappa shape index (κ3) is 8.20. The van der Waals surface area contributed by atoms with Gasteiger partial charge in [0, 0.05) is 38.1 Å². The van der Waals surface area contributed by atoms with Crippen molar-refractivity contribution >= 4 is 41.7 Å². The average Bonchev–Trinajstić information content (AvgIpc) is 2.68. The van der Waals surface area contributed by atoms with E-state index in [0.29, 0.717) is 5.92 Å². The zero-order valence-electron chi connectivity index (χ0n) is 17.2. The van der Waals surface area contributed by atoms with E-state index in [1.165, 1.54) is 11.1 Å². The number of aliphatic imine (C=N–C) groups is 1. The first-order valence-electron chi connectivity index (χ1n) is 9.75. The summed E-state index contributed by atoms with van der Waals surface area (Å²) in [6.45, 7) is 8.07. The summed E-state index contributed by atoms with van der Waals surface area (Å²) in [4.78, 5) is 4.37. The molecule has 2 rings (SSSR count). The summed E-state index contributed by atoms with van der Waals surface area (Å²) in [6, 6.07) is 9.03. The number of nitrogens with one attached hydrogen (secondary N) is 2. The predicted octanol–water partition coefficient (Wildman–Crippen LogP) is 4.44. The summed E-state index contributed by atoms with van der Waals surface area (Å²) in [5.41, 5.74) is 2.81. The van der Waals surface area contributed by atoms with Crippen LogP contribution in [0, 0.1) is 0 Å². The summed E-state index contributed by atoms with van der Waals surface area (Å²) in [5.74, 6) is 1.50. The normalized spacial score (nSPS) is 16.7. The number of nitrogens with zero attached hydrogens (tertiary/aromatic N) is 1. The van der Waals surface area contributed by atoms with Crippen molar-refractivity contribution in [2.75, 3.05) is 39.6 Å². The topological polar surface area (TPSA) is 45.7 Å². The van der Waals surface area contributed by atoms with Gasteiger partial charge in [0.15, 0.2) is 5.96 Å². The zero-order chi connectivity index (χ0) is 18.8. The van der Waals surface area contributed by atoms with E-state index in [2.05, 4.69) is 60.0 Å². The Bertz CT molecular complexity index is 557. The van der Waals surface area contributed by atoms with Crippen molar-refractivity contribution in [1.82, 2.24) is 10.6 Å². The van der Waals surface area contributed by atoms with Gasteiger partial charge in [0.2, 0.25) is 0 Å². The molecule has 1 aliphatic heterocycles. The quantitative estimate of drug-likeness (QED) is 0.238. The van der Waals surface area contributed by atoms with Crippen LogP contribution in [-0.2, 0) is 11.2 Å². The molecule has 0 radical (unpaired) electrons. The number of aryl methyl sites for hydroxylation is 1. The molecule has 0 aromatic heterocycles. The second-order valence-electron chi connectivity index (χ2n) is 7.35. The number of benzene rings is 1. The highest BCUT2D eigenvalue weighted by Crippen LogP contribution is 2.32. The van der Waals surface area contributed by atoms with Gasteiger partial charge in [0.1, 0.15) is 0 Å². The van der Waals surface area contributed by atoms with Crippen LogP contribution < -0.4 is 10.6 Å². The molecule has 0 saturated carbocycles. The largest absolute Gasteiger partial charge is 0.381 e. The maximum atomic E-state index is 5.51. The summed E-state index contributed by atoms with van der Waals surface area (Å²) in [6.07, 6.45) is 6.60. The number of hydrogen-bond donors (Lipinski definition) is 2. The summed E-state index contributed by atoms with van der Waals surface area (Å²) in [7, 11) is 1.84. The Kier molecular flexibility index (Phi) is 11.7. The second-order valence-corrected chi connectivity index (χ2v) is 8.63. The fourth-order valence-electron chi connectivity index (χ4n) is 3.23. The van der Waals surface area contributed by atoms with E-state index >= 15 is 0 Å². The lowest BCUT2D eigenvalue weighted by Gasteiger charge is -2.36. The van der Waals surface area contributed by atoms with E-state index in [9.17, 15) is 0 Å². The SMILES string of the molecule is CN=C(NCCCc1ccc(C(C)C)cc1)NCC1(SC)CCOCC1.I. The Balaban J connectivity index is 0.00000364. The number of rotatable bonds is 8. The lowest BCUT2D eigenvalue weighted by Crippen LogP contribution is -2.48. The maximum absolute atomic E-state index is 5.51. The minimum absolute atomic E-state index is 0. The minimum Gasteiger partial charge on any atom is -0.381 e. The van der Waals surface area contributed by atoms with Gasteiger partial charge in [-0.1, -0.05) is 38.1 Å². The van der Waals surface area contributed by atoms with Crippen LogP contribution in [0.4, 0.5) is 0 Å². The van der Waals surface area contributed by atoms with E-state index in [1.54, 1.807) is 0 Å². The Morgan fingerprint density at radius 2 is 1.85 bits per heavy atom. The molecule has 4 nitrogen and oxygen atoms in total. The highest BCUT2D eigenvalue weighted by atomic mass is 127. The van der Waals surface area contributed by atoms with E-state index in [-0.39, 0.29) is 28.7 Å². The van der Waals surface area contributed by atoms with Crippen LogP contribution in [0.25, 0.3) is 0 Å². The number of thioether (sulfide) groups is 1. The van der Waals surface area contributed by atoms with Gasteiger partial charge in [0.05, 0.1) is 0 Å². The molecular weight excluding hydrogens is 469 g/mol. The van der Waals surface area contributed by atoms with E-state index in [4.69, 9.17) is 4.74 Å². The molecule has 0 spiro atoms. The van der Waals surface area contributed by atoms with Gasteiger partial charge in [-0.3, -0.25) is 4.99 Å². The van der Waals surface area contributed by atoms with Crippen molar-refractivity contribution < 1.29 is 4.74 Å². The van der Waals surface area contributed by atoms with Gasteiger partial charge in [-0.2, -0.15) is 11.8 Å². The molecule has 1 fully saturated rings. The van der Waals surface area contributed by atoms with Gasteiger partial charge in [-0.15, -0.1) is 24.0 Å². The van der Waals surface area contributed by atoms with Crippen LogP contribution >= 0.6 is 35.7 Å². The standard InChI is InChI=1S/C21H35N3OS.HI/c1-17(2)19-9-7-18(8-10-19)6-5-13-23-20(22-3)24-16-21(26-4)11-14-25-15-12-21;/h7-10,17H,5-6,11-16H2,1-4H3,(H2,22,23,24);1H. The number of guanidine groups is 1. The predicted molar refractivity (Wildman–Crippen MR) is 130 cm³/mol. The lowest BCUT2D eigenvalue weighted by atomic mass is 9.99. The van der Waals surface area contributed by atoms with Crippen LogP contribution in [0.5, 0.6) is 0 Å². The molecule has 0 bridgehead atoms. The second kappa shape index (κ2) is 12.9. The Hall–Kier alpha value is -0.470. The van der Waals surface area contributed by atoms with Crippen LogP contribution in [0.1, 0.15) is 50.2 Å². The molecule has 0 unspecified atom stereocenters. The Morgan fingerprint density at radius 1 is 1.19 bits per heavy atom. The van der Waals surface area contributed by atoms with Crippen LogP contribution in [0.3, 0.4) is 0 Å². The molecule has 6 heteroatoms. The van der Waals surface area contributed by atoms with Gasteiger partial charge in [0.25, 0.3) is 0 Å². The molecule has 1 saturated heterocycles. The molecule has 154 valence electrons. The molecule has 27 heavy (non-hydrogen) atoms. The highest BCUT2D eigenvalue weighted by molar-refractivity contribution is 14.0. The number of ether oxygens (including phenoxy) is 1. The third-order valence-corrected chi connectivity index (χ3v) is 6.64. The molecule has 1 aromatic carbocycles. The highest BCUT2D eigenvalue weighted by Gasteiger charge is 2.31. The van der Waals surface area contributed by atoms with Crippen molar-refractivity contribution in [3.05, 3.63) is 35.4 Å². The van der Waals surface area contributed by atoms with Gasteiger partial charge in [-0.05, 0) is 49.0 Å². The first-order chi connectivity index (χ1) is 12.6. The zero-order valence-corrected chi connectivity index (χ0v) is 20.4. The molecular formula is C21H36IN3OS. The Labute approximate surface area is 186 Å². The van der Waals surface area contributed by atoms with Crippen molar-refractivity contribution in [1.29, 1.82) is 0 Å². The van der Waals surface area contributed by atoms with Crippen LogP contribution in [-0.4, -0.2) is 50.3 Å². The van der Waals surface area contributed by atoms with Crippen molar-refractivity contribution in [2.24, 2.45) is 4.99 Å². The molecule has 1 aliphatic rings. The molecule has 0 amide bonds. The van der Waals surface area contributed by atoms with Crippen LogP contribution in [0.2, 0.25) is 0 Å². The number of halogens is 1. The summed E-state index contributed by atoms with van der Waals surface area (Å²) in [5, 5.41) is 6.96. The monoisotopic (exact) mass is 505 g/mol. The van der Waals surface area contributed by atoms with Crippen LogP contribution in [0.15, 0.2) is 29.3 Å². The third-order valence-electron chi connectivity index (χ3n) is 5.22. The summed E-state index contributed by atoms with van der Waals surface area (Å²) < 4.78 is 5.79. The van der Waals surface area contributed by atoms with Crippen molar-refractivity contribution in [3.63, 3.8) is 0 Å². The first kappa shape index (κ1) is 24.6. The fraction of sp³-hybridized carbons (Fsp3) is 0.667. The van der Waals surface area contributed by atoms with E-state index in [1.807, 2.05) is 18.8 Å². The van der Waals surface area contributed by atoms with Gasteiger partial charge < -0.3 is 15.4 Å². The average molecular weight is 506 g/mol. The lowest BCUT2D eigenvalue weighted by molar-refractivity contribution is 0.0783. The molecule has 1 heterocycles. The maximum Gasteiger partial charge on any atom is 0.191 e. The smallest absolute Gasteiger partial charge is 0.191 e. The van der Waals surface area contributed by atoms with Crippen molar-refractivity contribution in [3.8, 4) is 0 Å². The Morgan fingerprint density at radius 3 is 2.41 bits per heavy atom. The minimum atomic E-state index is 0. The molecule has 2 N–H and O–H groups in total. The van der Waals surface area contributed by atoms with Gasteiger partial charge in [-0.25, -0.2) is 0 Å². The fourth-order valence-corrected chi connectivity index (χ4v) is 4.02. The number of hydrogen-bond acceptors (Lipinski definition) is 3. The van der Waals surface area contributed by atoms with E-state index in [0.717, 1.165) is 57.9 Å². The van der Waals surface area contributed by atoms with E-state index < -0.39 is 0 Å².